The fourth-order valence-electron chi connectivity index (χ4n) is 4.92. The highest BCUT2D eigenvalue weighted by Gasteiger charge is 2.35. The first-order valence-electron chi connectivity index (χ1n) is 11.4. The summed E-state index contributed by atoms with van der Waals surface area (Å²) in [6, 6.07) is 17.5. The Balaban J connectivity index is 1.47. The number of benzene rings is 2. The van der Waals surface area contributed by atoms with E-state index in [9.17, 15) is 0 Å². The summed E-state index contributed by atoms with van der Waals surface area (Å²) in [6.07, 6.45) is 2.11. The highest BCUT2D eigenvalue weighted by atomic mass is 16.5. The second kappa shape index (κ2) is 9.84. The lowest BCUT2D eigenvalue weighted by Gasteiger charge is -2.40. The van der Waals surface area contributed by atoms with E-state index in [4.69, 9.17) is 9.47 Å². The van der Waals surface area contributed by atoms with Gasteiger partial charge in [-0.2, -0.15) is 0 Å². The zero-order chi connectivity index (χ0) is 21.7. The summed E-state index contributed by atoms with van der Waals surface area (Å²) < 4.78 is 11.8. The van der Waals surface area contributed by atoms with Gasteiger partial charge >= 0.3 is 0 Å². The Hall–Kier alpha value is -2.37. The number of nitrogens with one attached hydrogen (secondary N) is 1. The zero-order valence-electron chi connectivity index (χ0n) is 19.1. The maximum Gasteiger partial charge on any atom is 0.193 e. The minimum Gasteiger partial charge on any atom is -0.381 e. The molecule has 2 fully saturated rings. The van der Waals surface area contributed by atoms with Crippen molar-refractivity contribution in [2.45, 2.75) is 38.2 Å². The fraction of sp³-hybridized carbons (Fsp3) is 0.500. The fourth-order valence-corrected chi connectivity index (χ4v) is 4.92. The summed E-state index contributed by atoms with van der Waals surface area (Å²) in [5.41, 5.74) is 5.32. The molecule has 0 aromatic heterocycles. The van der Waals surface area contributed by atoms with E-state index in [1.807, 2.05) is 7.05 Å². The van der Waals surface area contributed by atoms with Crippen molar-refractivity contribution in [3.8, 4) is 0 Å². The van der Waals surface area contributed by atoms with E-state index in [-0.39, 0.29) is 11.5 Å². The normalized spacial score (nSPS) is 21.7. The number of hydrogen-bond donors (Lipinski definition) is 1. The second-order valence-electron chi connectivity index (χ2n) is 8.82. The third-order valence-corrected chi connectivity index (χ3v) is 6.77. The van der Waals surface area contributed by atoms with E-state index in [1.54, 1.807) is 0 Å². The molecule has 1 N–H and O–H groups in total. The number of aryl methyl sites for hydroxylation is 2. The summed E-state index contributed by atoms with van der Waals surface area (Å²) in [5, 5.41) is 3.71. The topological polar surface area (TPSA) is 46.1 Å². The number of ether oxygens (including phenoxy) is 2. The van der Waals surface area contributed by atoms with Gasteiger partial charge in [0, 0.05) is 38.8 Å². The van der Waals surface area contributed by atoms with Crippen molar-refractivity contribution in [3.05, 3.63) is 70.8 Å². The molecule has 166 valence electrons. The number of hydrogen-bond acceptors (Lipinski definition) is 3. The monoisotopic (exact) mass is 421 g/mol. The molecule has 2 heterocycles. The van der Waals surface area contributed by atoms with Crippen LogP contribution in [0.5, 0.6) is 0 Å². The van der Waals surface area contributed by atoms with Gasteiger partial charge in [0.25, 0.3) is 0 Å². The zero-order valence-corrected chi connectivity index (χ0v) is 19.1. The van der Waals surface area contributed by atoms with E-state index in [0.717, 1.165) is 51.6 Å². The van der Waals surface area contributed by atoms with Gasteiger partial charge in [0.05, 0.1) is 13.2 Å². The van der Waals surface area contributed by atoms with Crippen molar-refractivity contribution < 1.29 is 9.47 Å². The molecule has 5 nitrogen and oxygen atoms in total. The average molecular weight is 422 g/mol. The van der Waals surface area contributed by atoms with Crippen molar-refractivity contribution in [3.63, 3.8) is 0 Å². The Morgan fingerprint density at radius 3 is 2.58 bits per heavy atom. The molecule has 1 atom stereocenters. The van der Waals surface area contributed by atoms with E-state index in [0.29, 0.717) is 6.61 Å². The summed E-state index contributed by atoms with van der Waals surface area (Å²) in [5.74, 6) is 0.958. The lowest BCUT2D eigenvalue weighted by atomic mass is 9.74. The molecular weight excluding hydrogens is 386 g/mol. The van der Waals surface area contributed by atoms with Crippen LogP contribution in [-0.4, -0.2) is 57.4 Å². The molecule has 2 aliphatic rings. The van der Waals surface area contributed by atoms with Crippen LogP contribution in [0, 0.1) is 13.8 Å². The number of morpholine rings is 1. The molecule has 0 bridgehead atoms. The van der Waals surface area contributed by atoms with Crippen molar-refractivity contribution in [1.82, 2.24) is 10.2 Å². The molecule has 2 aromatic carbocycles. The predicted molar refractivity (Wildman–Crippen MR) is 126 cm³/mol. The molecule has 2 aliphatic heterocycles. The first-order valence-corrected chi connectivity index (χ1v) is 11.4. The number of rotatable bonds is 4. The quantitative estimate of drug-likeness (QED) is 0.599. The molecule has 0 saturated carbocycles. The minimum absolute atomic E-state index is 0.0686. The van der Waals surface area contributed by atoms with E-state index < -0.39 is 0 Å². The number of nitrogens with zero attached hydrogens (tertiary/aromatic N) is 2. The van der Waals surface area contributed by atoms with Crippen LogP contribution in [-0.2, 0) is 14.9 Å². The highest BCUT2D eigenvalue weighted by Crippen LogP contribution is 2.34. The van der Waals surface area contributed by atoms with Gasteiger partial charge in [-0.1, -0.05) is 54.1 Å². The van der Waals surface area contributed by atoms with Crippen molar-refractivity contribution in [1.29, 1.82) is 0 Å². The van der Waals surface area contributed by atoms with Crippen LogP contribution in [0.4, 0.5) is 0 Å². The van der Waals surface area contributed by atoms with Gasteiger partial charge in [-0.15, -0.1) is 0 Å². The first kappa shape index (κ1) is 21.8. The molecule has 0 amide bonds. The molecule has 4 rings (SSSR count). The molecule has 0 aliphatic carbocycles. The summed E-state index contributed by atoms with van der Waals surface area (Å²) in [6.45, 7) is 9.15. The highest BCUT2D eigenvalue weighted by molar-refractivity contribution is 5.80. The second-order valence-corrected chi connectivity index (χ2v) is 8.82. The largest absolute Gasteiger partial charge is 0.381 e. The molecule has 2 saturated heterocycles. The molecule has 5 heteroatoms. The molecule has 1 unspecified atom stereocenters. The van der Waals surface area contributed by atoms with Crippen LogP contribution < -0.4 is 5.32 Å². The van der Waals surface area contributed by atoms with Crippen LogP contribution in [0.15, 0.2) is 53.5 Å². The van der Waals surface area contributed by atoms with Crippen LogP contribution in [0.25, 0.3) is 0 Å². The summed E-state index contributed by atoms with van der Waals surface area (Å²) >= 11 is 0. The molecule has 31 heavy (non-hydrogen) atoms. The summed E-state index contributed by atoms with van der Waals surface area (Å²) in [7, 11) is 1.88. The average Bonchev–Trinajstić information content (AvgIpc) is 2.81. The smallest absolute Gasteiger partial charge is 0.193 e. The van der Waals surface area contributed by atoms with Crippen molar-refractivity contribution in [2.75, 3.05) is 46.5 Å². The standard InChI is InChI=1S/C26H35N3O2/c1-20-9-10-23(21(2)17-20)24-18-29(13-16-31-24)25(27-3)28-19-26(11-14-30-15-12-26)22-7-5-4-6-8-22/h4-10,17,24H,11-16,18-19H2,1-3H3,(H,27,28). The van der Waals surface area contributed by atoms with Gasteiger partial charge in [-0.25, -0.2) is 0 Å². The third kappa shape index (κ3) is 4.94. The van der Waals surface area contributed by atoms with Crippen molar-refractivity contribution in [2.24, 2.45) is 4.99 Å². The maximum atomic E-state index is 6.15. The molecule has 0 radical (unpaired) electrons. The lowest BCUT2D eigenvalue weighted by molar-refractivity contribution is -0.00864. The van der Waals surface area contributed by atoms with Gasteiger partial charge in [-0.3, -0.25) is 4.99 Å². The van der Waals surface area contributed by atoms with Crippen LogP contribution in [0.2, 0.25) is 0 Å². The first-order chi connectivity index (χ1) is 15.1. The SMILES string of the molecule is CN=C(NCC1(c2ccccc2)CCOCC1)N1CCOC(c2ccc(C)cc2C)C1. The van der Waals surface area contributed by atoms with Gasteiger partial charge in [-0.05, 0) is 43.4 Å². The van der Waals surface area contributed by atoms with E-state index in [1.165, 1.54) is 22.3 Å². The maximum absolute atomic E-state index is 6.15. The molecular formula is C26H35N3O2. The van der Waals surface area contributed by atoms with Crippen LogP contribution >= 0.6 is 0 Å². The van der Waals surface area contributed by atoms with Gasteiger partial charge in [0.1, 0.15) is 6.10 Å². The summed E-state index contributed by atoms with van der Waals surface area (Å²) in [4.78, 5) is 6.97. The van der Waals surface area contributed by atoms with Gasteiger partial charge in [0.2, 0.25) is 0 Å². The van der Waals surface area contributed by atoms with Crippen molar-refractivity contribution >= 4 is 5.96 Å². The lowest BCUT2D eigenvalue weighted by Crippen LogP contribution is -2.52. The van der Waals surface area contributed by atoms with Crippen LogP contribution in [0.1, 0.15) is 41.2 Å². The Morgan fingerprint density at radius 2 is 1.87 bits per heavy atom. The molecule has 0 spiro atoms. The third-order valence-electron chi connectivity index (χ3n) is 6.77. The van der Waals surface area contributed by atoms with Gasteiger partial charge < -0.3 is 19.7 Å². The molecule has 2 aromatic rings. The Bertz CT molecular complexity index is 891. The predicted octanol–water partition coefficient (Wildman–Crippen LogP) is 4.00. The Kier molecular flexibility index (Phi) is 6.93. The number of aliphatic imine (C=N–C) groups is 1. The van der Waals surface area contributed by atoms with Gasteiger partial charge in [0.15, 0.2) is 5.96 Å². The van der Waals surface area contributed by atoms with Crippen LogP contribution in [0.3, 0.4) is 0 Å². The Morgan fingerprint density at radius 1 is 1.10 bits per heavy atom. The Labute approximate surface area is 186 Å². The minimum atomic E-state index is 0.0686. The van der Waals surface area contributed by atoms with E-state index in [2.05, 4.69) is 77.6 Å². The number of guanidine groups is 1. The van der Waals surface area contributed by atoms with E-state index >= 15 is 0 Å².